The summed E-state index contributed by atoms with van der Waals surface area (Å²) >= 11 is 0. The first kappa shape index (κ1) is 12.0. The molecule has 2 rings (SSSR count). The minimum atomic E-state index is -0.550. The number of hydrogen-bond donors (Lipinski definition) is 0. The second-order valence-electron chi connectivity index (χ2n) is 4.51. The van der Waals surface area contributed by atoms with Gasteiger partial charge in [-0.3, -0.25) is 4.79 Å². The van der Waals surface area contributed by atoms with E-state index in [4.69, 9.17) is 0 Å². The third-order valence-corrected chi connectivity index (χ3v) is 3.45. The van der Waals surface area contributed by atoms with Crippen LogP contribution in [0.5, 0.6) is 0 Å². The molecule has 1 aliphatic rings. The SMILES string of the molecule is CCC1CCN(C(=O)c2ccc(F)nc2)CC1. The minimum Gasteiger partial charge on any atom is -0.339 e. The summed E-state index contributed by atoms with van der Waals surface area (Å²) in [6.45, 7) is 3.79. The Morgan fingerprint density at radius 2 is 2.18 bits per heavy atom. The van der Waals surface area contributed by atoms with Crippen LogP contribution < -0.4 is 0 Å². The molecule has 1 saturated heterocycles. The first-order valence-electron chi connectivity index (χ1n) is 6.11. The zero-order valence-corrected chi connectivity index (χ0v) is 10.0. The highest BCUT2D eigenvalue weighted by Crippen LogP contribution is 2.21. The number of likely N-dealkylation sites (tertiary alicyclic amines) is 1. The van der Waals surface area contributed by atoms with Crippen LogP contribution in [0.15, 0.2) is 18.3 Å². The van der Waals surface area contributed by atoms with Gasteiger partial charge in [0.25, 0.3) is 5.91 Å². The predicted octanol–water partition coefficient (Wildman–Crippen LogP) is 2.48. The van der Waals surface area contributed by atoms with Gasteiger partial charge in [0.1, 0.15) is 0 Å². The number of carbonyl (C=O) groups is 1. The van der Waals surface area contributed by atoms with Crippen molar-refractivity contribution in [2.75, 3.05) is 13.1 Å². The van der Waals surface area contributed by atoms with E-state index in [0.29, 0.717) is 5.56 Å². The van der Waals surface area contributed by atoms with Crippen LogP contribution in [-0.2, 0) is 0 Å². The Balaban J connectivity index is 1.99. The lowest BCUT2D eigenvalue weighted by Crippen LogP contribution is -2.38. The Morgan fingerprint density at radius 1 is 1.47 bits per heavy atom. The van der Waals surface area contributed by atoms with Gasteiger partial charge in [0, 0.05) is 19.3 Å². The summed E-state index contributed by atoms with van der Waals surface area (Å²) in [5, 5.41) is 0. The quantitative estimate of drug-likeness (QED) is 0.739. The monoisotopic (exact) mass is 236 g/mol. The molecular weight excluding hydrogens is 219 g/mol. The Labute approximate surface area is 101 Å². The third kappa shape index (κ3) is 2.81. The van der Waals surface area contributed by atoms with E-state index in [1.165, 1.54) is 24.8 Å². The van der Waals surface area contributed by atoms with E-state index in [-0.39, 0.29) is 5.91 Å². The molecule has 0 spiro atoms. The summed E-state index contributed by atoms with van der Waals surface area (Å²) in [5.41, 5.74) is 0.473. The normalized spacial score (nSPS) is 17.2. The fourth-order valence-electron chi connectivity index (χ4n) is 2.23. The lowest BCUT2D eigenvalue weighted by atomic mass is 9.94. The summed E-state index contributed by atoms with van der Waals surface area (Å²) in [6.07, 6.45) is 4.62. The number of pyridine rings is 1. The van der Waals surface area contributed by atoms with Gasteiger partial charge in [-0.05, 0) is 30.9 Å². The van der Waals surface area contributed by atoms with Crippen LogP contribution in [0.2, 0.25) is 0 Å². The molecule has 1 amide bonds. The standard InChI is InChI=1S/C13H17FN2O/c1-2-10-5-7-16(8-6-10)13(17)11-3-4-12(14)15-9-11/h3-4,9-10H,2,5-8H2,1H3. The van der Waals surface area contributed by atoms with E-state index < -0.39 is 5.95 Å². The van der Waals surface area contributed by atoms with Gasteiger partial charge in [-0.1, -0.05) is 13.3 Å². The van der Waals surface area contributed by atoms with Crippen LogP contribution in [-0.4, -0.2) is 28.9 Å². The van der Waals surface area contributed by atoms with E-state index in [2.05, 4.69) is 11.9 Å². The van der Waals surface area contributed by atoms with Gasteiger partial charge >= 0.3 is 0 Å². The molecule has 17 heavy (non-hydrogen) atoms. The van der Waals surface area contributed by atoms with Crippen molar-refractivity contribution in [3.05, 3.63) is 29.8 Å². The predicted molar refractivity (Wildman–Crippen MR) is 63.1 cm³/mol. The summed E-state index contributed by atoms with van der Waals surface area (Å²) in [4.78, 5) is 17.4. The Kier molecular flexibility index (Phi) is 3.71. The lowest BCUT2D eigenvalue weighted by molar-refractivity contribution is 0.0688. The Hall–Kier alpha value is -1.45. The van der Waals surface area contributed by atoms with Crippen LogP contribution in [0.1, 0.15) is 36.5 Å². The van der Waals surface area contributed by atoms with E-state index >= 15 is 0 Å². The van der Waals surface area contributed by atoms with Crippen LogP contribution in [0.4, 0.5) is 4.39 Å². The van der Waals surface area contributed by atoms with Crippen LogP contribution in [0.25, 0.3) is 0 Å². The Morgan fingerprint density at radius 3 is 2.71 bits per heavy atom. The maximum absolute atomic E-state index is 12.7. The van der Waals surface area contributed by atoms with E-state index in [0.717, 1.165) is 31.8 Å². The summed E-state index contributed by atoms with van der Waals surface area (Å²) < 4.78 is 12.7. The van der Waals surface area contributed by atoms with E-state index in [9.17, 15) is 9.18 Å². The van der Waals surface area contributed by atoms with Gasteiger partial charge in [-0.25, -0.2) is 4.98 Å². The van der Waals surface area contributed by atoms with Crippen LogP contribution >= 0.6 is 0 Å². The van der Waals surface area contributed by atoms with Crippen molar-refractivity contribution < 1.29 is 9.18 Å². The highest BCUT2D eigenvalue weighted by molar-refractivity contribution is 5.93. The summed E-state index contributed by atoms with van der Waals surface area (Å²) in [6, 6.07) is 2.72. The number of nitrogens with zero attached hydrogens (tertiary/aromatic N) is 2. The van der Waals surface area contributed by atoms with E-state index in [1.807, 2.05) is 4.90 Å². The van der Waals surface area contributed by atoms with Crippen molar-refractivity contribution in [1.82, 2.24) is 9.88 Å². The van der Waals surface area contributed by atoms with Gasteiger partial charge in [-0.2, -0.15) is 4.39 Å². The van der Waals surface area contributed by atoms with Crippen molar-refractivity contribution in [3.8, 4) is 0 Å². The topological polar surface area (TPSA) is 33.2 Å². The van der Waals surface area contributed by atoms with Gasteiger partial charge in [0.2, 0.25) is 5.95 Å². The van der Waals surface area contributed by atoms with Crippen LogP contribution in [0, 0.1) is 11.9 Å². The maximum atomic E-state index is 12.7. The van der Waals surface area contributed by atoms with Crippen molar-refractivity contribution in [2.24, 2.45) is 5.92 Å². The molecule has 0 bridgehead atoms. The first-order chi connectivity index (χ1) is 8.20. The molecule has 2 heterocycles. The van der Waals surface area contributed by atoms with Crippen molar-refractivity contribution in [2.45, 2.75) is 26.2 Å². The fraction of sp³-hybridized carbons (Fsp3) is 0.538. The summed E-state index contributed by atoms with van der Waals surface area (Å²) in [7, 11) is 0. The number of piperidine rings is 1. The fourth-order valence-corrected chi connectivity index (χ4v) is 2.23. The molecule has 3 nitrogen and oxygen atoms in total. The number of hydrogen-bond acceptors (Lipinski definition) is 2. The van der Waals surface area contributed by atoms with Gasteiger partial charge in [-0.15, -0.1) is 0 Å². The number of halogens is 1. The molecule has 0 radical (unpaired) electrons. The minimum absolute atomic E-state index is 0.0351. The highest BCUT2D eigenvalue weighted by Gasteiger charge is 2.22. The second kappa shape index (κ2) is 5.25. The molecule has 0 saturated carbocycles. The number of aromatic nitrogens is 1. The third-order valence-electron chi connectivity index (χ3n) is 3.45. The highest BCUT2D eigenvalue weighted by atomic mass is 19.1. The van der Waals surface area contributed by atoms with Crippen LogP contribution in [0.3, 0.4) is 0 Å². The zero-order chi connectivity index (χ0) is 12.3. The van der Waals surface area contributed by atoms with Gasteiger partial charge < -0.3 is 4.90 Å². The molecule has 1 fully saturated rings. The van der Waals surface area contributed by atoms with Crippen molar-refractivity contribution in [3.63, 3.8) is 0 Å². The van der Waals surface area contributed by atoms with Gasteiger partial charge in [0.05, 0.1) is 5.56 Å². The van der Waals surface area contributed by atoms with Crippen molar-refractivity contribution >= 4 is 5.91 Å². The number of carbonyl (C=O) groups excluding carboxylic acids is 1. The molecule has 1 aliphatic heterocycles. The largest absolute Gasteiger partial charge is 0.339 e. The zero-order valence-electron chi connectivity index (χ0n) is 10.0. The van der Waals surface area contributed by atoms with Crippen molar-refractivity contribution in [1.29, 1.82) is 0 Å². The van der Waals surface area contributed by atoms with Gasteiger partial charge in [0.15, 0.2) is 0 Å². The molecular formula is C13H17FN2O. The number of rotatable bonds is 2. The molecule has 0 atom stereocenters. The molecule has 0 N–H and O–H groups in total. The number of amides is 1. The first-order valence-corrected chi connectivity index (χ1v) is 6.11. The average molecular weight is 236 g/mol. The molecule has 4 heteroatoms. The molecule has 1 aromatic rings. The maximum Gasteiger partial charge on any atom is 0.255 e. The summed E-state index contributed by atoms with van der Waals surface area (Å²) in [5.74, 6) is 0.156. The molecule has 92 valence electrons. The molecule has 0 aliphatic carbocycles. The van der Waals surface area contributed by atoms with E-state index in [1.54, 1.807) is 0 Å². The molecule has 0 aromatic carbocycles. The smallest absolute Gasteiger partial charge is 0.255 e. The second-order valence-corrected chi connectivity index (χ2v) is 4.51. The molecule has 0 unspecified atom stereocenters. The lowest BCUT2D eigenvalue weighted by Gasteiger charge is -2.31. The molecule has 1 aromatic heterocycles. The Bertz CT molecular complexity index is 383. The average Bonchev–Trinajstić information content (AvgIpc) is 2.39.